The highest BCUT2D eigenvalue weighted by Gasteiger charge is 2.32. The first-order valence-corrected chi connectivity index (χ1v) is 11.3. The van der Waals surface area contributed by atoms with E-state index in [1.54, 1.807) is 13.8 Å². The highest BCUT2D eigenvalue weighted by atomic mass is 16.4. The van der Waals surface area contributed by atoms with Gasteiger partial charge in [-0.3, -0.25) is 28.8 Å². The molecule has 0 aromatic rings. The molecule has 0 bridgehead atoms. The Morgan fingerprint density at radius 1 is 0.722 bits per heavy atom. The van der Waals surface area contributed by atoms with E-state index >= 15 is 0 Å². The van der Waals surface area contributed by atoms with Crippen LogP contribution in [0.5, 0.6) is 0 Å². The third kappa shape index (κ3) is 12.6. The molecule has 0 rings (SSSR count). The molecule has 0 aliphatic rings. The van der Waals surface area contributed by atoms with Gasteiger partial charge in [-0.25, -0.2) is 4.79 Å². The number of carboxylic acids is 3. The summed E-state index contributed by atoms with van der Waals surface area (Å²) in [7, 11) is 0. The van der Waals surface area contributed by atoms with Crippen molar-refractivity contribution in [2.75, 3.05) is 0 Å². The Morgan fingerprint density at radius 2 is 1.22 bits per heavy atom. The molecule has 15 heteroatoms. The second-order valence-electron chi connectivity index (χ2n) is 8.31. The van der Waals surface area contributed by atoms with E-state index in [1.807, 2.05) is 0 Å². The Balaban J connectivity index is 5.61. The number of carboxylic acid groups (broad SMARTS) is 3. The summed E-state index contributed by atoms with van der Waals surface area (Å²) in [5.41, 5.74) is 10.8. The van der Waals surface area contributed by atoms with Gasteiger partial charge in [0.05, 0.1) is 6.04 Å². The zero-order valence-corrected chi connectivity index (χ0v) is 20.2. The lowest BCUT2D eigenvalue weighted by Gasteiger charge is -2.28. The third-order valence-corrected chi connectivity index (χ3v) is 5.37. The largest absolute Gasteiger partial charge is 0.481 e. The predicted molar refractivity (Wildman–Crippen MR) is 123 cm³/mol. The molecule has 4 amide bonds. The van der Waals surface area contributed by atoms with Gasteiger partial charge in [-0.05, 0) is 25.2 Å². The number of aliphatic carboxylic acids is 3. The fourth-order valence-corrected chi connectivity index (χ4v) is 2.99. The van der Waals surface area contributed by atoms with Crippen molar-refractivity contribution in [3.8, 4) is 0 Å². The fourth-order valence-electron chi connectivity index (χ4n) is 2.99. The number of hydrogen-bond donors (Lipinski definition) is 8. The lowest BCUT2D eigenvalue weighted by atomic mass is 9.96. The highest BCUT2D eigenvalue weighted by Crippen LogP contribution is 2.11. The van der Waals surface area contributed by atoms with Crippen molar-refractivity contribution >= 4 is 41.5 Å². The maximum atomic E-state index is 13.0. The number of amides is 4. The summed E-state index contributed by atoms with van der Waals surface area (Å²) in [4.78, 5) is 82.3. The number of nitrogens with two attached hydrogens (primary N) is 2. The lowest BCUT2D eigenvalue weighted by Crippen LogP contribution is -2.58. The van der Waals surface area contributed by atoms with Crippen molar-refractivity contribution in [2.24, 2.45) is 17.4 Å². The van der Waals surface area contributed by atoms with E-state index in [2.05, 4.69) is 16.0 Å². The zero-order chi connectivity index (χ0) is 28.0. The molecule has 0 radical (unpaired) electrons. The Labute approximate surface area is 207 Å². The average Bonchev–Trinajstić information content (AvgIpc) is 2.79. The van der Waals surface area contributed by atoms with E-state index in [1.165, 1.54) is 0 Å². The fraction of sp³-hybridized carbons (Fsp3) is 0.667. The van der Waals surface area contributed by atoms with Crippen LogP contribution in [0, 0.1) is 5.92 Å². The molecule has 0 aromatic heterocycles. The molecule has 0 fully saturated rings. The molecule has 0 saturated carbocycles. The first kappa shape index (κ1) is 32.2. The molecule has 5 unspecified atom stereocenters. The standard InChI is InChI=1S/C21H35N5O10/c1-3-10(2)17(26-18(32)11(22)4-8-15(28)29)20(34)24-12(5-7-14(23)27)19(33)25-13(21(35)36)6-9-16(30)31/h10-13,17H,3-9,22H2,1-2H3,(H2,23,27)(H,24,34)(H,25,33)(H,26,32)(H,28,29)(H,30,31)(H,35,36). The van der Waals surface area contributed by atoms with Gasteiger partial charge in [0.15, 0.2) is 0 Å². The summed E-state index contributed by atoms with van der Waals surface area (Å²) in [6.45, 7) is 3.37. The SMILES string of the molecule is CCC(C)C(NC(=O)C(N)CCC(=O)O)C(=O)NC(CCC(N)=O)C(=O)NC(CCC(=O)O)C(=O)O. The van der Waals surface area contributed by atoms with Crippen molar-refractivity contribution in [1.29, 1.82) is 0 Å². The van der Waals surface area contributed by atoms with Crippen molar-refractivity contribution < 1.29 is 48.9 Å². The van der Waals surface area contributed by atoms with Gasteiger partial charge in [0.1, 0.15) is 18.1 Å². The Kier molecular flexibility index (Phi) is 14.4. The van der Waals surface area contributed by atoms with Crippen LogP contribution >= 0.6 is 0 Å². The molecule has 0 aromatic carbocycles. The first-order valence-electron chi connectivity index (χ1n) is 11.3. The van der Waals surface area contributed by atoms with Gasteiger partial charge in [-0.15, -0.1) is 0 Å². The van der Waals surface area contributed by atoms with Crippen molar-refractivity contribution in [3.05, 3.63) is 0 Å². The van der Waals surface area contributed by atoms with E-state index < -0.39 is 84.5 Å². The number of nitrogens with one attached hydrogen (secondary N) is 3. The topological polar surface area (TPSA) is 268 Å². The molecular weight excluding hydrogens is 482 g/mol. The summed E-state index contributed by atoms with van der Waals surface area (Å²) in [6, 6.07) is -5.40. The molecule has 204 valence electrons. The Bertz CT molecular complexity index is 834. The van der Waals surface area contributed by atoms with Gasteiger partial charge >= 0.3 is 17.9 Å². The molecule has 10 N–H and O–H groups in total. The van der Waals surface area contributed by atoms with Gasteiger partial charge in [0.2, 0.25) is 23.6 Å². The molecule has 36 heavy (non-hydrogen) atoms. The van der Waals surface area contributed by atoms with Gasteiger partial charge in [-0.2, -0.15) is 0 Å². The van der Waals surface area contributed by atoms with Crippen LogP contribution in [0.4, 0.5) is 0 Å². The van der Waals surface area contributed by atoms with Gasteiger partial charge in [0.25, 0.3) is 0 Å². The van der Waals surface area contributed by atoms with Gasteiger partial charge < -0.3 is 42.7 Å². The van der Waals surface area contributed by atoms with E-state index in [0.717, 1.165) is 0 Å². The summed E-state index contributed by atoms with van der Waals surface area (Å²) in [6.07, 6.45) is -1.73. The van der Waals surface area contributed by atoms with Crippen LogP contribution in [-0.4, -0.2) is 81.0 Å². The molecular formula is C21H35N5O10. The van der Waals surface area contributed by atoms with Crippen molar-refractivity contribution in [1.82, 2.24) is 16.0 Å². The molecule has 15 nitrogen and oxygen atoms in total. The van der Waals surface area contributed by atoms with E-state index in [-0.39, 0.29) is 25.7 Å². The quantitative estimate of drug-likeness (QED) is 0.0974. The number of hydrogen-bond acceptors (Lipinski definition) is 8. The summed E-state index contributed by atoms with van der Waals surface area (Å²) >= 11 is 0. The second-order valence-corrected chi connectivity index (χ2v) is 8.31. The van der Waals surface area contributed by atoms with Crippen LogP contribution in [0.3, 0.4) is 0 Å². The number of primary amides is 1. The van der Waals surface area contributed by atoms with E-state index in [9.17, 15) is 38.7 Å². The average molecular weight is 518 g/mol. The Hall–Kier alpha value is -3.75. The van der Waals surface area contributed by atoms with Crippen molar-refractivity contribution in [2.45, 2.75) is 83.0 Å². The smallest absolute Gasteiger partial charge is 0.326 e. The molecule has 0 saturated heterocycles. The minimum atomic E-state index is -1.57. The van der Waals surface area contributed by atoms with Crippen LogP contribution in [0.15, 0.2) is 0 Å². The highest BCUT2D eigenvalue weighted by molar-refractivity contribution is 5.94. The zero-order valence-electron chi connectivity index (χ0n) is 20.2. The molecule has 0 aliphatic heterocycles. The maximum Gasteiger partial charge on any atom is 0.326 e. The maximum absolute atomic E-state index is 13.0. The summed E-state index contributed by atoms with van der Waals surface area (Å²) in [5.74, 6) is -7.77. The first-order chi connectivity index (χ1) is 16.7. The minimum Gasteiger partial charge on any atom is -0.481 e. The number of rotatable bonds is 18. The second kappa shape index (κ2) is 16.0. The van der Waals surface area contributed by atoms with E-state index in [4.69, 9.17) is 21.7 Å². The third-order valence-electron chi connectivity index (χ3n) is 5.37. The molecule has 0 spiro atoms. The van der Waals surface area contributed by atoms with Crippen LogP contribution < -0.4 is 27.4 Å². The van der Waals surface area contributed by atoms with Gasteiger partial charge in [-0.1, -0.05) is 20.3 Å². The molecule has 0 aliphatic carbocycles. The lowest BCUT2D eigenvalue weighted by molar-refractivity contribution is -0.144. The van der Waals surface area contributed by atoms with Crippen molar-refractivity contribution in [3.63, 3.8) is 0 Å². The summed E-state index contributed by atoms with van der Waals surface area (Å²) < 4.78 is 0. The normalized spacial score (nSPS) is 14.9. The number of carbonyl (C=O) groups excluding carboxylic acids is 4. The van der Waals surface area contributed by atoms with Gasteiger partial charge in [0, 0.05) is 19.3 Å². The van der Waals surface area contributed by atoms with Crippen LogP contribution in [0.2, 0.25) is 0 Å². The molecule has 5 atom stereocenters. The number of carbonyl (C=O) groups is 7. The molecule has 0 heterocycles. The predicted octanol–water partition coefficient (Wildman–Crippen LogP) is -2.11. The van der Waals surface area contributed by atoms with Crippen LogP contribution in [-0.2, 0) is 33.6 Å². The van der Waals surface area contributed by atoms with Crippen LogP contribution in [0.25, 0.3) is 0 Å². The minimum absolute atomic E-state index is 0.174. The van der Waals surface area contributed by atoms with E-state index in [0.29, 0.717) is 6.42 Å². The van der Waals surface area contributed by atoms with Crippen LogP contribution in [0.1, 0.15) is 58.8 Å². The Morgan fingerprint density at radius 3 is 1.69 bits per heavy atom. The summed E-state index contributed by atoms with van der Waals surface area (Å²) in [5, 5.41) is 33.7. The monoisotopic (exact) mass is 517 g/mol.